The molecule has 0 aliphatic carbocycles. The zero-order valence-electron chi connectivity index (χ0n) is 11.1. The van der Waals surface area contributed by atoms with Crippen LogP contribution < -0.4 is 14.8 Å². The molecule has 5 heteroatoms. The van der Waals surface area contributed by atoms with Crippen molar-refractivity contribution in [1.29, 1.82) is 0 Å². The molecule has 0 radical (unpaired) electrons. The summed E-state index contributed by atoms with van der Waals surface area (Å²) in [6.45, 7) is 2.91. The van der Waals surface area contributed by atoms with Crippen molar-refractivity contribution in [1.82, 2.24) is 5.32 Å². The minimum Gasteiger partial charge on any atom is -0.493 e. The van der Waals surface area contributed by atoms with Gasteiger partial charge in [0.25, 0.3) is 0 Å². The van der Waals surface area contributed by atoms with Crippen LogP contribution in [0.4, 0.5) is 0 Å². The molecule has 0 saturated carbocycles. The fourth-order valence-corrected chi connectivity index (χ4v) is 1.59. The summed E-state index contributed by atoms with van der Waals surface area (Å²) >= 11 is 0. The van der Waals surface area contributed by atoms with Crippen LogP contribution in [-0.4, -0.2) is 32.0 Å². The quantitative estimate of drug-likeness (QED) is 0.799. The second-order valence-corrected chi connectivity index (χ2v) is 3.86. The summed E-state index contributed by atoms with van der Waals surface area (Å²) in [4.78, 5) is 0. The van der Waals surface area contributed by atoms with Gasteiger partial charge in [-0.1, -0.05) is 13.0 Å². The Morgan fingerprint density at radius 1 is 1.22 bits per heavy atom. The third kappa shape index (κ3) is 4.72. The molecule has 2 N–H and O–H groups in total. The van der Waals surface area contributed by atoms with E-state index in [9.17, 15) is 0 Å². The minimum atomic E-state index is 0. The Morgan fingerprint density at radius 3 is 2.39 bits per heavy atom. The highest BCUT2D eigenvalue weighted by Gasteiger charge is 2.06. The van der Waals surface area contributed by atoms with Gasteiger partial charge in [0.15, 0.2) is 11.5 Å². The molecule has 0 heterocycles. The molecule has 0 amide bonds. The second-order valence-electron chi connectivity index (χ2n) is 3.86. The fourth-order valence-electron chi connectivity index (χ4n) is 1.59. The molecule has 1 rings (SSSR count). The summed E-state index contributed by atoms with van der Waals surface area (Å²) in [6, 6.07) is 5.95. The average molecular weight is 276 g/mol. The maximum atomic E-state index is 9.08. The molecule has 4 nitrogen and oxygen atoms in total. The number of aliphatic hydroxyl groups excluding tert-OH is 1. The summed E-state index contributed by atoms with van der Waals surface area (Å²) < 4.78 is 10.4. The summed E-state index contributed by atoms with van der Waals surface area (Å²) in [5, 5.41) is 12.4. The summed E-state index contributed by atoms with van der Waals surface area (Å²) in [7, 11) is 3.24. The lowest BCUT2D eigenvalue weighted by molar-refractivity contribution is 0.238. The van der Waals surface area contributed by atoms with Crippen LogP contribution in [0.3, 0.4) is 0 Å². The molecular formula is C13H22ClNO3. The number of hydrogen-bond donors (Lipinski definition) is 2. The Labute approximate surface area is 115 Å². The van der Waals surface area contributed by atoms with Crippen LogP contribution >= 0.6 is 12.4 Å². The van der Waals surface area contributed by atoms with Gasteiger partial charge in [0.05, 0.1) is 20.8 Å². The fraction of sp³-hybridized carbons (Fsp3) is 0.538. The van der Waals surface area contributed by atoms with E-state index in [0.717, 1.165) is 23.5 Å². The van der Waals surface area contributed by atoms with Crippen LogP contribution in [-0.2, 0) is 6.54 Å². The summed E-state index contributed by atoms with van der Waals surface area (Å²) in [6.07, 6.45) is 0.907. The van der Waals surface area contributed by atoms with Gasteiger partial charge in [-0.2, -0.15) is 0 Å². The van der Waals surface area contributed by atoms with E-state index in [-0.39, 0.29) is 25.1 Å². The lowest BCUT2D eigenvalue weighted by Gasteiger charge is -2.15. The predicted molar refractivity (Wildman–Crippen MR) is 74.8 cm³/mol. The SMILES string of the molecule is CC[C@@H](CO)NCc1ccc(OC)c(OC)c1.Cl. The molecule has 0 aromatic heterocycles. The molecule has 0 aliphatic heterocycles. The standard InChI is InChI=1S/C13H21NO3.ClH/c1-4-11(9-15)14-8-10-5-6-12(16-2)13(7-10)17-3;/h5-7,11,14-15H,4,8-9H2,1-3H3;1H/t11-;/m0./s1. The highest BCUT2D eigenvalue weighted by atomic mass is 35.5. The van der Waals surface area contributed by atoms with Gasteiger partial charge in [-0.3, -0.25) is 0 Å². The van der Waals surface area contributed by atoms with Crippen LogP contribution in [0.1, 0.15) is 18.9 Å². The van der Waals surface area contributed by atoms with Crippen molar-refractivity contribution < 1.29 is 14.6 Å². The van der Waals surface area contributed by atoms with Crippen LogP contribution in [0.15, 0.2) is 18.2 Å². The maximum absolute atomic E-state index is 9.08. The molecule has 0 saturated heterocycles. The van der Waals surface area contributed by atoms with Gasteiger partial charge in [-0.15, -0.1) is 12.4 Å². The largest absolute Gasteiger partial charge is 0.493 e. The first-order valence-electron chi connectivity index (χ1n) is 5.80. The molecule has 18 heavy (non-hydrogen) atoms. The monoisotopic (exact) mass is 275 g/mol. The highest BCUT2D eigenvalue weighted by Crippen LogP contribution is 2.27. The molecule has 0 bridgehead atoms. The number of nitrogens with one attached hydrogen (secondary N) is 1. The van der Waals surface area contributed by atoms with Gasteiger partial charge < -0.3 is 19.9 Å². The molecule has 0 spiro atoms. The zero-order valence-corrected chi connectivity index (χ0v) is 11.9. The van der Waals surface area contributed by atoms with Crippen molar-refractivity contribution in [3.8, 4) is 11.5 Å². The highest BCUT2D eigenvalue weighted by molar-refractivity contribution is 5.85. The molecule has 1 aromatic carbocycles. The molecule has 0 aliphatic rings. The molecule has 1 aromatic rings. The van der Waals surface area contributed by atoms with E-state index in [0.29, 0.717) is 6.54 Å². The van der Waals surface area contributed by atoms with Gasteiger partial charge >= 0.3 is 0 Å². The second kappa shape index (κ2) is 9.03. The summed E-state index contributed by atoms with van der Waals surface area (Å²) in [5.41, 5.74) is 1.11. The smallest absolute Gasteiger partial charge is 0.161 e. The van der Waals surface area contributed by atoms with Crippen LogP contribution in [0.5, 0.6) is 11.5 Å². The van der Waals surface area contributed by atoms with Crippen LogP contribution in [0.25, 0.3) is 0 Å². The average Bonchev–Trinajstić information content (AvgIpc) is 2.39. The van der Waals surface area contributed by atoms with Crippen LogP contribution in [0, 0.1) is 0 Å². The molecule has 0 unspecified atom stereocenters. The molecule has 104 valence electrons. The topological polar surface area (TPSA) is 50.7 Å². The Balaban J connectivity index is 0.00000289. The van der Waals surface area contributed by atoms with Crippen molar-refractivity contribution in [2.75, 3.05) is 20.8 Å². The lowest BCUT2D eigenvalue weighted by Crippen LogP contribution is -2.31. The first-order chi connectivity index (χ1) is 8.24. The normalized spacial score (nSPS) is 11.6. The van der Waals surface area contributed by atoms with Gasteiger partial charge in [-0.25, -0.2) is 0 Å². The Bertz CT molecular complexity index is 343. The van der Waals surface area contributed by atoms with Crippen molar-refractivity contribution >= 4 is 12.4 Å². The first kappa shape index (κ1) is 17.0. The minimum absolute atomic E-state index is 0. The molecule has 0 fully saturated rings. The van der Waals surface area contributed by atoms with E-state index in [1.54, 1.807) is 14.2 Å². The Kier molecular flexibility index (Phi) is 8.54. The van der Waals surface area contributed by atoms with Crippen molar-refractivity contribution in [3.05, 3.63) is 23.8 Å². The number of aliphatic hydroxyl groups is 1. The Hall–Kier alpha value is -0.970. The van der Waals surface area contributed by atoms with Crippen molar-refractivity contribution in [2.45, 2.75) is 25.9 Å². The summed E-state index contributed by atoms with van der Waals surface area (Å²) in [5.74, 6) is 1.45. The van der Waals surface area contributed by atoms with E-state index >= 15 is 0 Å². The maximum Gasteiger partial charge on any atom is 0.161 e. The Morgan fingerprint density at radius 2 is 1.89 bits per heavy atom. The third-order valence-corrected chi connectivity index (χ3v) is 2.76. The van der Waals surface area contributed by atoms with Gasteiger partial charge in [0.1, 0.15) is 0 Å². The number of ether oxygens (including phenoxy) is 2. The number of halogens is 1. The van der Waals surface area contributed by atoms with E-state index in [4.69, 9.17) is 14.6 Å². The number of benzene rings is 1. The molecule has 1 atom stereocenters. The third-order valence-electron chi connectivity index (χ3n) is 2.76. The van der Waals surface area contributed by atoms with E-state index in [1.807, 2.05) is 25.1 Å². The zero-order chi connectivity index (χ0) is 12.7. The lowest BCUT2D eigenvalue weighted by atomic mass is 10.1. The number of hydrogen-bond acceptors (Lipinski definition) is 4. The molecular weight excluding hydrogens is 254 g/mol. The first-order valence-corrected chi connectivity index (χ1v) is 5.80. The van der Waals surface area contributed by atoms with Crippen LogP contribution in [0.2, 0.25) is 0 Å². The number of rotatable bonds is 7. The van der Waals surface area contributed by atoms with E-state index in [1.165, 1.54) is 0 Å². The van der Waals surface area contributed by atoms with Gasteiger partial charge in [0, 0.05) is 12.6 Å². The van der Waals surface area contributed by atoms with Crippen molar-refractivity contribution in [2.24, 2.45) is 0 Å². The van der Waals surface area contributed by atoms with Gasteiger partial charge in [0.2, 0.25) is 0 Å². The van der Waals surface area contributed by atoms with Gasteiger partial charge in [-0.05, 0) is 24.1 Å². The van der Waals surface area contributed by atoms with E-state index in [2.05, 4.69) is 5.32 Å². The van der Waals surface area contributed by atoms with Crippen molar-refractivity contribution in [3.63, 3.8) is 0 Å². The number of methoxy groups -OCH3 is 2. The predicted octanol–water partition coefficient (Wildman–Crippen LogP) is 1.99. The van der Waals surface area contributed by atoms with E-state index < -0.39 is 0 Å².